The number of thiazole rings is 1. The van der Waals surface area contributed by atoms with Gasteiger partial charge in [-0.25, -0.2) is 4.79 Å². The van der Waals surface area contributed by atoms with Crippen LogP contribution in [0.4, 0.5) is 4.79 Å². The van der Waals surface area contributed by atoms with Gasteiger partial charge in [0, 0.05) is 29.5 Å². The van der Waals surface area contributed by atoms with Gasteiger partial charge in [0.2, 0.25) is 5.91 Å². The largest absolute Gasteiger partial charge is 0.481 e. The monoisotopic (exact) mass is 479 g/mol. The Balaban J connectivity index is 1.43. The van der Waals surface area contributed by atoms with E-state index in [0.29, 0.717) is 0 Å². The topological polar surface area (TPSA) is 118 Å². The third-order valence-electron chi connectivity index (χ3n) is 5.71. The molecule has 1 unspecified atom stereocenters. The molecule has 0 saturated heterocycles. The van der Waals surface area contributed by atoms with Crippen LogP contribution in [0, 0.1) is 0 Å². The lowest BCUT2D eigenvalue weighted by Crippen LogP contribution is -2.50. The zero-order valence-corrected chi connectivity index (χ0v) is 19.4. The van der Waals surface area contributed by atoms with Gasteiger partial charge >= 0.3 is 12.1 Å². The smallest absolute Gasteiger partial charge is 0.407 e. The van der Waals surface area contributed by atoms with Gasteiger partial charge in [0.1, 0.15) is 12.6 Å². The minimum absolute atomic E-state index is 0.0949. The number of carboxylic acids is 1. The van der Waals surface area contributed by atoms with Gasteiger partial charge in [0.25, 0.3) is 0 Å². The van der Waals surface area contributed by atoms with Crippen molar-refractivity contribution in [3.8, 4) is 11.1 Å². The third-order valence-corrected chi connectivity index (χ3v) is 6.51. The number of aliphatic carboxylic acids is 1. The fourth-order valence-corrected chi connectivity index (χ4v) is 4.83. The molecule has 176 valence electrons. The SMILES string of the molecule is C[C@H](CC(=O)O)NC(=O)C(Cc1cncs1)NC(=O)OCC1c2ccccc2-c2ccccc21. The minimum atomic E-state index is -1.02. The van der Waals surface area contributed by atoms with E-state index in [1.165, 1.54) is 11.3 Å². The van der Waals surface area contributed by atoms with E-state index in [4.69, 9.17) is 9.84 Å². The van der Waals surface area contributed by atoms with E-state index in [2.05, 4.69) is 27.8 Å². The summed E-state index contributed by atoms with van der Waals surface area (Å²) >= 11 is 1.37. The van der Waals surface area contributed by atoms with E-state index in [9.17, 15) is 14.4 Å². The lowest BCUT2D eigenvalue weighted by molar-refractivity contribution is -0.137. The van der Waals surface area contributed by atoms with Crippen molar-refractivity contribution in [2.45, 2.75) is 37.8 Å². The van der Waals surface area contributed by atoms with E-state index < -0.39 is 30.1 Å². The molecule has 3 aromatic rings. The van der Waals surface area contributed by atoms with Crippen molar-refractivity contribution in [1.82, 2.24) is 15.6 Å². The summed E-state index contributed by atoms with van der Waals surface area (Å²) < 4.78 is 5.57. The van der Waals surface area contributed by atoms with Gasteiger partial charge in [-0.1, -0.05) is 48.5 Å². The number of fused-ring (bicyclic) bond motifs is 3. The second kappa shape index (κ2) is 10.5. The number of carbonyl (C=O) groups is 3. The van der Waals surface area contributed by atoms with Crippen molar-refractivity contribution in [3.63, 3.8) is 0 Å². The van der Waals surface area contributed by atoms with Crippen molar-refractivity contribution in [2.24, 2.45) is 0 Å². The maximum atomic E-state index is 12.8. The Morgan fingerprint density at radius 2 is 1.71 bits per heavy atom. The number of aromatic nitrogens is 1. The first kappa shape index (κ1) is 23.4. The molecular weight excluding hydrogens is 454 g/mol. The molecule has 1 aliphatic carbocycles. The van der Waals surface area contributed by atoms with Crippen LogP contribution in [-0.2, 0) is 20.7 Å². The van der Waals surface area contributed by atoms with Crippen LogP contribution >= 0.6 is 11.3 Å². The van der Waals surface area contributed by atoms with Gasteiger partial charge in [-0.05, 0) is 29.2 Å². The zero-order chi connectivity index (χ0) is 24.1. The van der Waals surface area contributed by atoms with Crippen molar-refractivity contribution in [3.05, 3.63) is 76.2 Å². The van der Waals surface area contributed by atoms with Crippen LogP contribution in [0.2, 0.25) is 0 Å². The van der Waals surface area contributed by atoms with Gasteiger partial charge in [-0.15, -0.1) is 11.3 Å². The predicted molar refractivity (Wildman–Crippen MR) is 128 cm³/mol. The average Bonchev–Trinajstić information content (AvgIpc) is 3.42. The molecule has 9 heteroatoms. The standard InChI is InChI=1S/C25H25N3O5S/c1-15(10-23(29)30)27-24(31)22(11-16-12-26-14-34-16)28-25(32)33-13-21-19-8-4-2-6-17(19)18-7-3-5-9-20(18)21/h2-9,12,14-15,21-22H,10-11,13H2,1H3,(H,27,31)(H,28,32)(H,29,30)/t15-,22?/m1/s1. The fourth-order valence-electron chi connectivity index (χ4n) is 4.19. The third kappa shape index (κ3) is 5.43. The maximum absolute atomic E-state index is 12.8. The van der Waals surface area contributed by atoms with Gasteiger partial charge in [0.05, 0.1) is 11.9 Å². The number of nitrogens with zero attached hydrogens (tertiary/aromatic N) is 1. The summed E-state index contributed by atoms with van der Waals surface area (Å²) in [4.78, 5) is 41.3. The number of rotatable bonds is 9. The second-order valence-electron chi connectivity index (χ2n) is 8.20. The van der Waals surface area contributed by atoms with E-state index in [1.807, 2.05) is 36.4 Å². The highest BCUT2D eigenvalue weighted by Crippen LogP contribution is 2.44. The Morgan fingerprint density at radius 1 is 1.06 bits per heavy atom. The summed E-state index contributed by atoms with van der Waals surface area (Å²) in [5.74, 6) is -1.59. The van der Waals surface area contributed by atoms with Gasteiger partial charge in [-0.3, -0.25) is 14.6 Å². The molecule has 0 saturated carbocycles. The molecule has 4 rings (SSSR count). The molecule has 2 aromatic carbocycles. The van der Waals surface area contributed by atoms with Crippen molar-refractivity contribution >= 4 is 29.3 Å². The molecule has 2 atom stereocenters. The summed E-state index contributed by atoms with van der Waals surface area (Å²) in [7, 11) is 0. The summed E-state index contributed by atoms with van der Waals surface area (Å²) in [6, 6.07) is 14.6. The van der Waals surface area contributed by atoms with Gasteiger partial charge < -0.3 is 20.5 Å². The van der Waals surface area contributed by atoms with Crippen LogP contribution in [0.15, 0.2) is 60.2 Å². The van der Waals surface area contributed by atoms with Crippen LogP contribution in [0.1, 0.15) is 35.3 Å². The predicted octanol–water partition coefficient (Wildman–Crippen LogP) is 3.57. The van der Waals surface area contributed by atoms with Crippen molar-refractivity contribution in [1.29, 1.82) is 0 Å². The summed E-state index contributed by atoms with van der Waals surface area (Å²) in [6.45, 7) is 1.73. The molecule has 2 amide bonds. The molecule has 1 aromatic heterocycles. The minimum Gasteiger partial charge on any atom is -0.481 e. The van der Waals surface area contributed by atoms with E-state index in [0.717, 1.165) is 27.1 Å². The molecule has 1 aliphatic rings. The Bertz CT molecular complexity index is 1140. The second-order valence-corrected chi connectivity index (χ2v) is 9.17. The normalized spacial score (nSPS) is 13.9. The molecule has 0 spiro atoms. The van der Waals surface area contributed by atoms with E-state index in [-0.39, 0.29) is 25.4 Å². The van der Waals surface area contributed by atoms with Crippen LogP contribution in [0.5, 0.6) is 0 Å². The first-order chi connectivity index (χ1) is 16.4. The Hall–Kier alpha value is -3.72. The number of benzene rings is 2. The summed E-state index contributed by atoms with van der Waals surface area (Å²) in [6.07, 6.45) is 0.924. The van der Waals surface area contributed by atoms with Crippen LogP contribution in [-0.4, -0.2) is 46.8 Å². The molecule has 0 aliphatic heterocycles. The number of carboxylic acid groups (broad SMARTS) is 1. The molecule has 8 nitrogen and oxygen atoms in total. The Kier molecular flexibility index (Phi) is 7.22. The molecule has 0 bridgehead atoms. The molecule has 3 N–H and O–H groups in total. The number of hydrogen-bond donors (Lipinski definition) is 3. The highest BCUT2D eigenvalue weighted by atomic mass is 32.1. The Labute approximate surface area is 201 Å². The quantitative estimate of drug-likeness (QED) is 0.432. The number of nitrogens with one attached hydrogen (secondary N) is 2. The number of hydrogen-bond acceptors (Lipinski definition) is 6. The molecule has 0 radical (unpaired) electrons. The van der Waals surface area contributed by atoms with Gasteiger partial charge in [-0.2, -0.15) is 0 Å². The summed E-state index contributed by atoms with van der Waals surface area (Å²) in [5.41, 5.74) is 6.09. The molecule has 0 fully saturated rings. The summed E-state index contributed by atoms with van der Waals surface area (Å²) in [5, 5.41) is 14.2. The zero-order valence-electron chi connectivity index (χ0n) is 18.6. The lowest BCUT2D eigenvalue weighted by Gasteiger charge is -2.21. The molecular formula is C25H25N3O5S. The number of alkyl carbamates (subject to hydrolysis) is 1. The maximum Gasteiger partial charge on any atom is 0.407 e. The first-order valence-corrected chi connectivity index (χ1v) is 11.8. The molecule has 1 heterocycles. The lowest BCUT2D eigenvalue weighted by atomic mass is 9.98. The van der Waals surface area contributed by atoms with Crippen molar-refractivity contribution < 1.29 is 24.2 Å². The van der Waals surface area contributed by atoms with Crippen LogP contribution < -0.4 is 10.6 Å². The number of amides is 2. The number of carbonyl (C=O) groups excluding carboxylic acids is 2. The fraction of sp³-hybridized carbons (Fsp3) is 0.280. The van der Waals surface area contributed by atoms with Crippen LogP contribution in [0.3, 0.4) is 0 Å². The van der Waals surface area contributed by atoms with E-state index >= 15 is 0 Å². The van der Waals surface area contributed by atoms with E-state index in [1.54, 1.807) is 18.6 Å². The first-order valence-electron chi connectivity index (χ1n) is 10.9. The van der Waals surface area contributed by atoms with Crippen molar-refractivity contribution in [2.75, 3.05) is 6.61 Å². The molecule has 34 heavy (non-hydrogen) atoms. The average molecular weight is 480 g/mol. The number of ether oxygens (including phenoxy) is 1. The van der Waals surface area contributed by atoms with Gasteiger partial charge in [0.15, 0.2) is 0 Å². The highest BCUT2D eigenvalue weighted by Gasteiger charge is 2.30. The highest BCUT2D eigenvalue weighted by molar-refractivity contribution is 7.09. The van der Waals surface area contributed by atoms with Crippen LogP contribution in [0.25, 0.3) is 11.1 Å². The Morgan fingerprint density at radius 3 is 2.29 bits per heavy atom.